The molecule has 1 aromatic carbocycles. The van der Waals surface area contributed by atoms with Crippen LogP contribution in [0.3, 0.4) is 0 Å². The van der Waals surface area contributed by atoms with E-state index < -0.39 is 5.60 Å². The number of non-ortho nitro benzene ring substituents is 1. The number of aryl methyl sites for hydroxylation is 1. The van der Waals surface area contributed by atoms with E-state index in [0.29, 0.717) is 13.1 Å². The van der Waals surface area contributed by atoms with Gasteiger partial charge in [-0.3, -0.25) is 15.0 Å². The molecule has 1 fully saturated rings. The zero-order valence-electron chi connectivity index (χ0n) is 15.2. The number of carbonyl (C=O) groups excluding carboxylic acids is 1. The van der Waals surface area contributed by atoms with Crippen LogP contribution in [0, 0.1) is 10.1 Å². The Kier molecular flexibility index (Phi) is 6.36. The van der Waals surface area contributed by atoms with Gasteiger partial charge < -0.3 is 9.64 Å². The first-order chi connectivity index (χ1) is 11.7. The highest BCUT2D eigenvalue weighted by atomic mass is 16.6. The molecule has 7 nitrogen and oxygen atoms in total. The van der Waals surface area contributed by atoms with Crippen molar-refractivity contribution in [2.75, 3.05) is 32.7 Å². The third-order valence-corrected chi connectivity index (χ3v) is 4.11. The molecule has 0 bridgehead atoms. The molecule has 1 saturated heterocycles. The second-order valence-corrected chi connectivity index (χ2v) is 7.34. The fourth-order valence-electron chi connectivity index (χ4n) is 2.77. The molecular formula is C18H27N3O4. The Morgan fingerprint density at radius 3 is 2.28 bits per heavy atom. The number of carbonyl (C=O) groups is 1. The molecule has 0 saturated carbocycles. The minimum atomic E-state index is -0.459. The molecule has 0 N–H and O–H groups in total. The predicted molar refractivity (Wildman–Crippen MR) is 95.7 cm³/mol. The van der Waals surface area contributed by atoms with Crippen molar-refractivity contribution >= 4 is 11.8 Å². The number of ether oxygens (including phenoxy) is 1. The van der Waals surface area contributed by atoms with Crippen LogP contribution in [0.25, 0.3) is 0 Å². The molecule has 1 aromatic rings. The lowest BCUT2D eigenvalue weighted by molar-refractivity contribution is -0.384. The lowest BCUT2D eigenvalue weighted by atomic mass is 10.1. The van der Waals surface area contributed by atoms with Crippen molar-refractivity contribution in [3.8, 4) is 0 Å². The first-order valence-electron chi connectivity index (χ1n) is 8.68. The molecule has 1 aliphatic heterocycles. The standard InChI is InChI=1S/C18H27N3O4/c1-18(2,3)25-17(22)20-13-11-19(12-14-20)10-4-5-15-6-8-16(9-7-15)21(23)24/h6-9H,4-5,10-14H2,1-3H3. The molecule has 0 atom stereocenters. The van der Waals surface area contributed by atoms with E-state index in [-0.39, 0.29) is 16.7 Å². The van der Waals surface area contributed by atoms with Crippen molar-refractivity contribution < 1.29 is 14.5 Å². The summed E-state index contributed by atoms with van der Waals surface area (Å²) >= 11 is 0. The summed E-state index contributed by atoms with van der Waals surface area (Å²) in [5, 5.41) is 10.6. The van der Waals surface area contributed by atoms with Crippen LogP contribution in [0.4, 0.5) is 10.5 Å². The van der Waals surface area contributed by atoms with E-state index >= 15 is 0 Å². The quantitative estimate of drug-likeness (QED) is 0.603. The van der Waals surface area contributed by atoms with Gasteiger partial charge in [-0.1, -0.05) is 12.1 Å². The zero-order valence-corrected chi connectivity index (χ0v) is 15.2. The maximum atomic E-state index is 12.0. The third-order valence-electron chi connectivity index (χ3n) is 4.11. The van der Waals surface area contributed by atoms with Gasteiger partial charge in [-0.25, -0.2) is 4.79 Å². The first kappa shape index (κ1) is 19.2. The van der Waals surface area contributed by atoms with Crippen molar-refractivity contribution in [3.05, 3.63) is 39.9 Å². The number of nitro benzene ring substituents is 1. The molecule has 0 unspecified atom stereocenters. The van der Waals surface area contributed by atoms with Crippen LogP contribution in [0.15, 0.2) is 24.3 Å². The molecule has 1 amide bonds. The monoisotopic (exact) mass is 349 g/mol. The van der Waals surface area contributed by atoms with Crippen LogP contribution in [-0.4, -0.2) is 59.1 Å². The predicted octanol–water partition coefficient (Wildman–Crippen LogP) is 3.08. The molecule has 1 aliphatic rings. The molecule has 25 heavy (non-hydrogen) atoms. The number of rotatable bonds is 5. The van der Waals surface area contributed by atoms with Gasteiger partial charge in [0.25, 0.3) is 5.69 Å². The molecule has 0 aliphatic carbocycles. The van der Waals surface area contributed by atoms with Gasteiger partial charge in [0, 0.05) is 38.3 Å². The fourth-order valence-corrected chi connectivity index (χ4v) is 2.77. The van der Waals surface area contributed by atoms with Gasteiger partial charge in [-0.05, 0) is 45.7 Å². The second kappa shape index (κ2) is 8.29. The van der Waals surface area contributed by atoms with Crippen LogP contribution >= 0.6 is 0 Å². The summed E-state index contributed by atoms with van der Waals surface area (Å²) in [5.74, 6) is 0. The van der Waals surface area contributed by atoms with Crippen LogP contribution in [0.1, 0.15) is 32.8 Å². The van der Waals surface area contributed by atoms with Gasteiger partial charge in [0.15, 0.2) is 0 Å². The number of amides is 1. The molecule has 1 heterocycles. The highest BCUT2D eigenvalue weighted by Crippen LogP contribution is 2.14. The van der Waals surface area contributed by atoms with E-state index in [1.807, 2.05) is 32.9 Å². The number of nitro groups is 1. The van der Waals surface area contributed by atoms with Crippen molar-refractivity contribution in [1.29, 1.82) is 0 Å². The Hall–Kier alpha value is -2.15. The smallest absolute Gasteiger partial charge is 0.410 e. The lowest BCUT2D eigenvalue weighted by Gasteiger charge is -2.35. The average molecular weight is 349 g/mol. The van der Waals surface area contributed by atoms with Gasteiger partial charge >= 0.3 is 6.09 Å². The SMILES string of the molecule is CC(C)(C)OC(=O)N1CCN(CCCc2ccc([N+](=O)[O-])cc2)CC1. The summed E-state index contributed by atoms with van der Waals surface area (Å²) in [7, 11) is 0. The summed E-state index contributed by atoms with van der Waals surface area (Å²) in [5.41, 5.74) is 0.777. The van der Waals surface area contributed by atoms with Crippen molar-refractivity contribution in [3.63, 3.8) is 0 Å². The summed E-state index contributed by atoms with van der Waals surface area (Å²) in [4.78, 5) is 26.4. The summed E-state index contributed by atoms with van der Waals surface area (Å²) in [6.45, 7) is 9.65. The van der Waals surface area contributed by atoms with E-state index in [1.165, 1.54) is 0 Å². The number of piperazine rings is 1. The van der Waals surface area contributed by atoms with Gasteiger partial charge in [0.1, 0.15) is 5.60 Å². The maximum Gasteiger partial charge on any atom is 0.410 e. The molecule has 7 heteroatoms. The minimum absolute atomic E-state index is 0.127. The zero-order chi connectivity index (χ0) is 18.4. The summed E-state index contributed by atoms with van der Waals surface area (Å²) in [6, 6.07) is 6.74. The van der Waals surface area contributed by atoms with Crippen LogP contribution < -0.4 is 0 Å². The summed E-state index contributed by atoms with van der Waals surface area (Å²) < 4.78 is 5.40. The number of hydrogen-bond donors (Lipinski definition) is 0. The second-order valence-electron chi connectivity index (χ2n) is 7.34. The van der Waals surface area contributed by atoms with Crippen LogP contribution in [0.2, 0.25) is 0 Å². The number of benzene rings is 1. The minimum Gasteiger partial charge on any atom is -0.444 e. The molecule has 138 valence electrons. The molecular weight excluding hydrogens is 322 g/mol. The Bertz CT molecular complexity index is 587. The van der Waals surface area contributed by atoms with Gasteiger partial charge in [0.2, 0.25) is 0 Å². The molecule has 0 aromatic heterocycles. The summed E-state index contributed by atoms with van der Waals surface area (Å²) in [6.07, 6.45) is 1.65. The fraction of sp³-hybridized carbons (Fsp3) is 0.611. The Labute approximate surface area is 148 Å². The third kappa shape index (κ3) is 6.34. The highest BCUT2D eigenvalue weighted by Gasteiger charge is 2.25. The van der Waals surface area contributed by atoms with E-state index in [1.54, 1.807) is 17.0 Å². The van der Waals surface area contributed by atoms with E-state index in [9.17, 15) is 14.9 Å². The van der Waals surface area contributed by atoms with Gasteiger partial charge in [-0.15, -0.1) is 0 Å². The number of nitrogens with zero attached hydrogens (tertiary/aromatic N) is 3. The number of hydrogen-bond acceptors (Lipinski definition) is 5. The normalized spacial score (nSPS) is 15.9. The molecule has 0 spiro atoms. The first-order valence-corrected chi connectivity index (χ1v) is 8.68. The van der Waals surface area contributed by atoms with Crippen molar-refractivity contribution in [1.82, 2.24) is 9.80 Å². The van der Waals surface area contributed by atoms with Crippen molar-refractivity contribution in [2.24, 2.45) is 0 Å². The van der Waals surface area contributed by atoms with Crippen LogP contribution in [-0.2, 0) is 11.2 Å². The Morgan fingerprint density at radius 1 is 1.16 bits per heavy atom. The molecule has 2 rings (SSSR count). The van der Waals surface area contributed by atoms with E-state index in [2.05, 4.69) is 4.90 Å². The van der Waals surface area contributed by atoms with E-state index in [0.717, 1.165) is 38.0 Å². The Balaban J connectivity index is 1.68. The van der Waals surface area contributed by atoms with Gasteiger partial charge in [-0.2, -0.15) is 0 Å². The van der Waals surface area contributed by atoms with E-state index in [4.69, 9.17) is 4.74 Å². The maximum absolute atomic E-state index is 12.0. The lowest BCUT2D eigenvalue weighted by Crippen LogP contribution is -2.50. The average Bonchev–Trinajstić information content (AvgIpc) is 2.54. The largest absolute Gasteiger partial charge is 0.444 e. The Morgan fingerprint density at radius 2 is 1.76 bits per heavy atom. The highest BCUT2D eigenvalue weighted by molar-refractivity contribution is 5.68. The molecule has 0 radical (unpaired) electrons. The van der Waals surface area contributed by atoms with Crippen molar-refractivity contribution in [2.45, 2.75) is 39.2 Å². The topological polar surface area (TPSA) is 75.9 Å². The van der Waals surface area contributed by atoms with Crippen LogP contribution in [0.5, 0.6) is 0 Å². The van der Waals surface area contributed by atoms with Gasteiger partial charge in [0.05, 0.1) is 4.92 Å².